The number of hydrogen-bond acceptors (Lipinski definition) is 2. The molecule has 3 heteroatoms. The zero-order chi connectivity index (χ0) is 11.4. The van der Waals surface area contributed by atoms with Gasteiger partial charge in [-0.05, 0) is 25.1 Å². The molecule has 1 N–H and O–H groups in total. The van der Waals surface area contributed by atoms with Gasteiger partial charge in [0, 0.05) is 19.3 Å². The smallest absolute Gasteiger partial charge is 0.0951 e. The first kappa shape index (κ1) is 10.9. The van der Waals surface area contributed by atoms with Gasteiger partial charge in [-0.15, -0.1) is 0 Å². The summed E-state index contributed by atoms with van der Waals surface area (Å²) in [6.07, 6.45) is 3.80. The molecule has 0 bridgehead atoms. The zero-order valence-corrected chi connectivity index (χ0v) is 9.77. The van der Waals surface area contributed by atoms with E-state index in [4.69, 9.17) is 0 Å². The van der Waals surface area contributed by atoms with Crippen molar-refractivity contribution in [2.45, 2.75) is 20.0 Å². The third-order valence-corrected chi connectivity index (χ3v) is 2.76. The lowest BCUT2D eigenvalue weighted by atomic mass is 10.1. The minimum Gasteiger partial charge on any atom is -0.329 e. The Balaban J connectivity index is 2.20. The molecule has 1 aromatic heterocycles. The minimum atomic E-state index is 0.853. The SMILES string of the molecule is CNCc1cncn1Cc1ccccc1C. The maximum atomic E-state index is 4.19. The summed E-state index contributed by atoms with van der Waals surface area (Å²) in [5.41, 5.74) is 3.88. The molecule has 0 unspecified atom stereocenters. The molecule has 0 saturated carbocycles. The second kappa shape index (κ2) is 4.94. The number of nitrogens with one attached hydrogen (secondary N) is 1. The van der Waals surface area contributed by atoms with E-state index in [1.165, 1.54) is 16.8 Å². The van der Waals surface area contributed by atoms with Gasteiger partial charge in [-0.25, -0.2) is 4.98 Å². The molecule has 2 aromatic rings. The lowest BCUT2D eigenvalue weighted by Gasteiger charge is -2.09. The van der Waals surface area contributed by atoms with Crippen LogP contribution < -0.4 is 5.32 Å². The summed E-state index contributed by atoms with van der Waals surface area (Å²) < 4.78 is 2.18. The first-order valence-corrected chi connectivity index (χ1v) is 5.49. The van der Waals surface area contributed by atoms with Crippen molar-refractivity contribution in [3.05, 3.63) is 53.6 Å². The van der Waals surface area contributed by atoms with Gasteiger partial charge in [-0.2, -0.15) is 0 Å². The predicted octanol–water partition coefficient (Wildman–Crippen LogP) is 1.96. The molecule has 84 valence electrons. The van der Waals surface area contributed by atoms with Crippen LogP contribution in [0.1, 0.15) is 16.8 Å². The molecule has 1 aromatic carbocycles. The highest BCUT2D eigenvalue weighted by Crippen LogP contribution is 2.10. The van der Waals surface area contributed by atoms with Crippen molar-refractivity contribution in [3.8, 4) is 0 Å². The normalized spacial score (nSPS) is 10.6. The van der Waals surface area contributed by atoms with Crippen molar-refractivity contribution in [2.75, 3.05) is 7.05 Å². The molecular formula is C13H17N3. The van der Waals surface area contributed by atoms with Crippen LogP contribution in [0.5, 0.6) is 0 Å². The van der Waals surface area contributed by atoms with E-state index in [1.807, 2.05) is 19.6 Å². The maximum Gasteiger partial charge on any atom is 0.0951 e. The van der Waals surface area contributed by atoms with E-state index in [-0.39, 0.29) is 0 Å². The monoisotopic (exact) mass is 215 g/mol. The van der Waals surface area contributed by atoms with Crippen molar-refractivity contribution in [1.29, 1.82) is 0 Å². The summed E-state index contributed by atoms with van der Waals surface area (Å²) in [5, 5.41) is 3.15. The Labute approximate surface area is 96.1 Å². The second-order valence-corrected chi connectivity index (χ2v) is 3.97. The van der Waals surface area contributed by atoms with Crippen molar-refractivity contribution < 1.29 is 0 Å². The van der Waals surface area contributed by atoms with Crippen molar-refractivity contribution in [2.24, 2.45) is 0 Å². The lowest BCUT2D eigenvalue weighted by Crippen LogP contribution is -2.11. The van der Waals surface area contributed by atoms with Crippen molar-refractivity contribution in [3.63, 3.8) is 0 Å². The van der Waals surface area contributed by atoms with Gasteiger partial charge >= 0.3 is 0 Å². The Kier molecular flexibility index (Phi) is 3.37. The van der Waals surface area contributed by atoms with Crippen LogP contribution in [0.15, 0.2) is 36.8 Å². The standard InChI is InChI=1S/C13H17N3/c1-11-5-3-4-6-12(11)9-16-10-15-8-13(16)7-14-2/h3-6,8,10,14H,7,9H2,1-2H3. The molecule has 1 heterocycles. The highest BCUT2D eigenvalue weighted by Gasteiger charge is 2.03. The molecule has 0 radical (unpaired) electrons. The summed E-state index contributed by atoms with van der Waals surface area (Å²) in [5.74, 6) is 0. The van der Waals surface area contributed by atoms with E-state index in [1.54, 1.807) is 0 Å². The number of hydrogen-bond donors (Lipinski definition) is 1. The van der Waals surface area contributed by atoms with Crippen molar-refractivity contribution >= 4 is 0 Å². The average molecular weight is 215 g/mol. The molecule has 2 rings (SSSR count). The summed E-state index contributed by atoms with van der Waals surface area (Å²) in [4.78, 5) is 4.19. The van der Waals surface area contributed by atoms with Gasteiger partial charge in [0.2, 0.25) is 0 Å². The van der Waals surface area contributed by atoms with Gasteiger partial charge in [0.1, 0.15) is 0 Å². The van der Waals surface area contributed by atoms with Crippen LogP contribution in [-0.4, -0.2) is 16.6 Å². The molecule has 0 saturated heterocycles. The maximum absolute atomic E-state index is 4.19. The number of aromatic nitrogens is 2. The Morgan fingerprint density at radius 2 is 2.12 bits per heavy atom. The quantitative estimate of drug-likeness (QED) is 0.845. The van der Waals surface area contributed by atoms with E-state index in [0.29, 0.717) is 0 Å². The van der Waals surface area contributed by atoms with Crippen LogP contribution in [0, 0.1) is 6.92 Å². The van der Waals surface area contributed by atoms with Crippen LogP contribution in [0.4, 0.5) is 0 Å². The summed E-state index contributed by atoms with van der Waals surface area (Å²) in [6, 6.07) is 8.46. The number of imidazole rings is 1. The zero-order valence-electron chi connectivity index (χ0n) is 9.77. The number of aryl methyl sites for hydroxylation is 1. The fourth-order valence-corrected chi connectivity index (χ4v) is 1.79. The first-order valence-electron chi connectivity index (χ1n) is 5.49. The Bertz CT molecular complexity index is 460. The average Bonchev–Trinajstić information content (AvgIpc) is 2.70. The van der Waals surface area contributed by atoms with Crippen LogP contribution in [0.25, 0.3) is 0 Å². The number of nitrogens with zero attached hydrogens (tertiary/aromatic N) is 2. The molecule has 0 aliphatic carbocycles. The van der Waals surface area contributed by atoms with E-state index < -0.39 is 0 Å². The van der Waals surface area contributed by atoms with Gasteiger partial charge < -0.3 is 9.88 Å². The van der Waals surface area contributed by atoms with Gasteiger partial charge in [0.25, 0.3) is 0 Å². The molecule has 0 spiro atoms. The van der Waals surface area contributed by atoms with Gasteiger partial charge in [0.15, 0.2) is 0 Å². The summed E-state index contributed by atoms with van der Waals surface area (Å²) >= 11 is 0. The molecule has 0 aliphatic heterocycles. The molecule has 0 aliphatic rings. The Morgan fingerprint density at radius 1 is 1.31 bits per heavy atom. The van der Waals surface area contributed by atoms with E-state index >= 15 is 0 Å². The molecule has 16 heavy (non-hydrogen) atoms. The summed E-state index contributed by atoms with van der Waals surface area (Å²) in [6.45, 7) is 3.89. The highest BCUT2D eigenvalue weighted by atomic mass is 15.1. The van der Waals surface area contributed by atoms with Crippen molar-refractivity contribution in [1.82, 2.24) is 14.9 Å². The van der Waals surface area contributed by atoms with E-state index in [0.717, 1.165) is 13.1 Å². The number of rotatable bonds is 4. The van der Waals surface area contributed by atoms with Crippen LogP contribution in [-0.2, 0) is 13.1 Å². The third-order valence-electron chi connectivity index (χ3n) is 2.76. The molecule has 0 amide bonds. The fraction of sp³-hybridized carbons (Fsp3) is 0.308. The fourth-order valence-electron chi connectivity index (χ4n) is 1.79. The number of benzene rings is 1. The van der Waals surface area contributed by atoms with E-state index in [2.05, 4.69) is 46.1 Å². The molecule has 0 fully saturated rings. The van der Waals surface area contributed by atoms with Gasteiger partial charge in [-0.1, -0.05) is 24.3 Å². The lowest BCUT2D eigenvalue weighted by molar-refractivity contribution is 0.691. The van der Waals surface area contributed by atoms with Crippen LogP contribution in [0.3, 0.4) is 0 Å². The largest absolute Gasteiger partial charge is 0.329 e. The van der Waals surface area contributed by atoms with Crippen LogP contribution in [0.2, 0.25) is 0 Å². The Morgan fingerprint density at radius 3 is 2.88 bits per heavy atom. The minimum absolute atomic E-state index is 0.853. The molecular weight excluding hydrogens is 198 g/mol. The predicted molar refractivity (Wildman–Crippen MR) is 65.3 cm³/mol. The molecule has 0 atom stereocenters. The van der Waals surface area contributed by atoms with E-state index in [9.17, 15) is 0 Å². The summed E-state index contributed by atoms with van der Waals surface area (Å²) in [7, 11) is 1.95. The second-order valence-electron chi connectivity index (χ2n) is 3.97. The Hall–Kier alpha value is -1.61. The van der Waals surface area contributed by atoms with Crippen LogP contribution >= 0.6 is 0 Å². The third kappa shape index (κ3) is 2.31. The highest BCUT2D eigenvalue weighted by molar-refractivity contribution is 5.26. The topological polar surface area (TPSA) is 29.9 Å². The van der Waals surface area contributed by atoms with Gasteiger partial charge in [-0.3, -0.25) is 0 Å². The first-order chi connectivity index (χ1) is 7.81. The van der Waals surface area contributed by atoms with Gasteiger partial charge in [0.05, 0.1) is 12.0 Å². The molecule has 3 nitrogen and oxygen atoms in total.